The number of amides is 1. The van der Waals surface area contributed by atoms with Gasteiger partial charge in [0.15, 0.2) is 0 Å². The number of carbonyl (C=O) groups excluding carboxylic acids is 1. The van der Waals surface area contributed by atoms with E-state index in [1.54, 1.807) is 7.11 Å². The number of hydrogen-bond donors (Lipinski definition) is 2. The number of methoxy groups -OCH3 is 1. The van der Waals surface area contributed by atoms with Gasteiger partial charge >= 0.3 is 0 Å². The molecule has 2 rings (SSSR count). The molecule has 20 heavy (non-hydrogen) atoms. The molecule has 0 aromatic heterocycles. The molecule has 116 valence electrons. The summed E-state index contributed by atoms with van der Waals surface area (Å²) in [6.45, 7) is 5.42. The Kier molecular flexibility index (Phi) is 5.75. The summed E-state index contributed by atoms with van der Waals surface area (Å²) in [5.74, 6) is 2.40. The van der Waals surface area contributed by atoms with Crippen LogP contribution in [0.1, 0.15) is 39.5 Å². The predicted molar refractivity (Wildman–Crippen MR) is 84.1 cm³/mol. The first kappa shape index (κ1) is 16.1. The van der Waals surface area contributed by atoms with Crippen molar-refractivity contribution in [3.05, 3.63) is 0 Å². The fourth-order valence-corrected chi connectivity index (χ4v) is 4.66. The second-order valence-corrected chi connectivity index (χ2v) is 7.10. The van der Waals surface area contributed by atoms with Crippen LogP contribution in [0.3, 0.4) is 0 Å². The van der Waals surface area contributed by atoms with Crippen LogP contribution < -0.4 is 10.6 Å². The molecule has 4 nitrogen and oxygen atoms in total. The monoisotopic (exact) mass is 300 g/mol. The topological polar surface area (TPSA) is 50.4 Å². The molecule has 1 saturated carbocycles. The largest absolute Gasteiger partial charge is 0.381 e. The quantitative estimate of drug-likeness (QED) is 0.785. The Balaban J connectivity index is 1.84. The molecule has 1 aliphatic carbocycles. The van der Waals surface area contributed by atoms with E-state index in [4.69, 9.17) is 4.74 Å². The molecule has 5 heteroatoms. The van der Waals surface area contributed by atoms with Crippen molar-refractivity contribution in [3.8, 4) is 0 Å². The summed E-state index contributed by atoms with van der Waals surface area (Å²) in [6.07, 6.45) is 3.97. The summed E-state index contributed by atoms with van der Waals surface area (Å²) in [7, 11) is 1.78. The van der Waals surface area contributed by atoms with Crippen LogP contribution in [-0.2, 0) is 9.53 Å². The molecule has 2 fully saturated rings. The van der Waals surface area contributed by atoms with Crippen molar-refractivity contribution < 1.29 is 9.53 Å². The Morgan fingerprint density at radius 1 is 1.45 bits per heavy atom. The molecule has 1 heterocycles. The fourth-order valence-electron chi connectivity index (χ4n) is 3.71. The summed E-state index contributed by atoms with van der Waals surface area (Å²) < 4.78 is 5.58. The van der Waals surface area contributed by atoms with E-state index in [-0.39, 0.29) is 17.4 Å². The third kappa shape index (κ3) is 3.15. The molecule has 0 spiro atoms. The minimum atomic E-state index is 0.138. The van der Waals surface area contributed by atoms with Gasteiger partial charge in [-0.05, 0) is 19.3 Å². The molecular formula is C15H28N2O2S. The number of rotatable bonds is 6. The number of ether oxygens (including phenoxy) is 1. The maximum atomic E-state index is 12.2. The van der Waals surface area contributed by atoms with Gasteiger partial charge in [0.1, 0.15) is 0 Å². The van der Waals surface area contributed by atoms with Crippen LogP contribution in [0.15, 0.2) is 0 Å². The predicted octanol–water partition coefficient (Wildman–Crippen LogP) is 1.79. The number of carbonyl (C=O) groups is 1. The Morgan fingerprint density at radius 2 is 2.20 bits per heavy atom. The lowest BCUT2D eigenvalue weighted by Crippen LogP contribution is -2.64. The lowest BCUT2D eigenvalue weighted by Gasteiger charge is -2.55. The molecule has 2 aliphatic rings. The van der Waals surface area contributed by atoms with Crippen molar-refractivity contribution in [2.45, 2.75) is 57.7 Å². The standard InChI is InChI=1S/C15H28N2O2S/c1-4-15(5-2)12(9-13(15)19-3)17-14(18)8-11-10-20-7-6-16-11/h11-13,16H,4-10H2,1-3H3,(H,17,18). The number of nitrogens with one attached hydrogen (secondary N) is 2. The van der Waals surface area contributed by atoms with E-state index in [9.17, 15) is 4.79 Å². The van der Waals surface area contributed by atoms with E-state index in [0.29, 0.717) is 18.6 Å². The first-order valence-corrected chi connectivity index (χ1v) is 8.95. The Morgan fingerprint density at radius 3 is 2.75 bits per heavy atom. The van der Waals surface area contributed by atoms with E-state index in [1.165, 1.54) is 0 Å². The van der Waals surface area contributed by atoms with Crippen molar-refractivity contribution in [3.63, 3.8) is 0 Å². The lowest BCUT2D eigenvalue weighted by molar-refractivity contribution is -0.141. The van der Waals surface area contributed by atoms with Crippen LogP contribution in [0, 0.1) is 5.41 Å². The second kappa shape index (κ2) is 7.14. The molecule has 2 N–H and O–H groups in total. The van der Waals surface area contributed by atoms with Crippen molar-refractivity contribution >= 4 is 17.7 Å². The lowest BCUT2D eigenvalue weighted by atomic mass is 9.58. The maximum absolute atomic E-state index is 12.2. The number of thioether (sulfide) groups is 1. The average Bonchev–Trinajstić information content (AvgIpc) is 2.45. The van der Waals surface area contributed by atoms with Crippen LogP contribution in [0.2, 0.25) is 0 Å². The molecule has 0 bridgehead atoms. The van der Waals surface area contributed by atoms with E-state index >= 15 is 0 Å². The van der Waals surface area contributed by atoms with Gasteiger partial charge in [-0.3, -0.25) is 4.79 Å². The first-order chi connectivity index (χ1) is 9.66. The minimum absolute atomic E-state index is 0.138. The normalized spacial score (nSPS) is 32.5. The summed E-state index contributed by atoms with van der Waals surface area (Å²) in [6, 6.07) is 0.621. The minimum Gasteiger partial charge on any atom is -0.381 e. The van der Waals surface area contributed by atoms with Gasteiger partial charge < -0.3 is 15.4 Å². The highest BCUT2D eigenvalue weighted by Gasteiger charge is 2.53. The summed E-state index contributed by atoms with van der Waals surface area (Å²) >= 11 is 1.93. The third-order valence-corrected chi connectivity index (χ3v) is 6.28. The summed E-state index contributed by atoms with van der Waals surface area (Å²) in [5.41, 5.74) is 0.138. The Bertz CT molecular complexity index is 328. The van der Waals surface area contributed by atoms with E-state index in [2.05, 4.69) is 24.5 Å². The van der Waals surface area contributed by atoms with Crippen LogP contribution in [0.4, 0.5) is 0 Å². The van der Waals surface area contributed by atoms with Gasteiger partial charge in [0.25, 0.3) is 0 Å². The molecule has 3 atom stereocenters. The molecule has 1 amide bonds. The zero-order valence-corrected chi connectivity index (χ0v) is 13.7. The third-order valence-electron chi connectivity index (χ3n) is 5.15. The van der Waals surface area contributed by atoms with Crippen LogP contribution in [-0.4, -0.2) is 49.3 Å². The fraction of sp³-hybridized carbons (Fsp3) is 0.933. The highest BCUT2D eigenvalue weighted by atomic mass is 32.2. The van der Waals surface area contributed by atoms with Gasteiger partial charge in [0.2, 0.25) is 5.91 Å². The highest BCUT2D eigenvalue weighted by Crippen LogP contribution is 2.48. The van der Waals surface area contributed by atoms with E-state index < -0.39 is 0 Å². The van der Waals surface area contributed by atoms with Gasteiger partial charge in [-0.1, -0.05) is 13.8 Å². The summed E-state index contributed by atoms with van der Waals surface area (Å²) in [5, 5.41) is 6.67. The van der Waals surface area contributed by atoms with Gasteiger partial charge in [-0.25, -0.2) is 0 Å². The zero-order chi connectivity index (χ0) is 14.6. The molecule has 0 aromatic carbocycles. The SMILES string of the molecule is CCC1(CC)C(NC(=O)CC2CSCCN2)CC1OC. The van der Waals surface area contributed by atoms with Crippen molar-refractivity contribution in [1.82, 2.24) is 10.6 Å². The van der Waals surface area contributed by atoms with E-state index in [1.807, 2.05) is 11.8 Å². The van der Waals surface area contributed by atoms with Crippen molar-refractivity contribution in [1.29, 1.82) is 0 Å². The number of hydrogen-bond acceptors (Lipinski definition) is 4. The Labute approximate surface area is 126 Å². The van der Waals surface area contributed by atoms with E-state index in [0.717, 1.165) is 37.3 Å². The first-order valence-electron chi connectivity index (χ1n) is 7.79. The van der Waals surface area contributed by atoms with Crippen molar-refractivity contribution in [2.75, 3.05) is 25.2 Å². The summed E-state index contributed by atoms with van der Waals surface area (Å²) in [4.78, 5) is 12.2. The smallest absolute Gasteiger partial charge is 0.221 e. The van der Waals surface area contributed by atoms with Crippen molar-refractivity contribution in [2.24, 2.45) is 5.41 Å². The highest BCUT2D eigenvalue weighted by molar-refractivity contribution is 7.99. The molecule has 1 aliphatic heterocycles. The van der Waals surface area contributed by atoms with Gasteiger partial charge in [0, 0.05) is 49.1 Å². The molecule has 1 saturated heterocycles. The van der Waals surface area contributed by atoms with Crippen LogP contribution in [0.5, 0.6) is 0 Å². The molecule has 0 radical (unpaired) electrons. The zero-order valence-electron chi connectivity index (χ0n) is 12.9. The van der Waals surface area contributed by atoms with Crippen LogP contribution in [0.25, 0.3) is 0 Å². The Hall–Kier alpha value is -0.260. The molecular weight excluding hydrogens is 272 g/mol. The van der Waals surface area contributed by atoms with Gasteiger partial charge in [-0.2, -0.15) is 11.8 Å². The second-order valence-electron chi connectivity index (χ2n) is 5.95. The van der Waals surface area contributed by atoms with Gasteiger partial charge in [0.05, 0.1) is 6.10 Å². The van der Waals surface area contributed by atoms with Crippen LogP contribution >= 0.6 is 11.8 Å². The molecule has 3 unspecified atom stereocenters. The average molecular weight is 300 g/mol. The molecule has 0 aromatic rings. The maximum Gasteiger partial charge on any atom is 0.221 e. The van der Waals surface area contributed by atoms with Gasteiger partial charge in [-0.15, -0.1) is 0 Å².